The number of hydrogen-bond acceptors (Lipinski definition) is 4. The van der Waals surface area contributed by atoms with Gasteiger partial charge in [0.2, 0.25) is 6.79 Å². The Kier molecular flexibility index (Phi) is 4.25. The lowest BCUT2D eigenvalue weighted by atomic mass is 9.94. The van der Waals surface area contributed by atoms with Gasteiger partial charge in [-0.3, -0.25) is 4.90 Å². The molecule has 0 amide bonds. The Morgan fingerprint density at radius 2 is 1.62 bits per heavy atom. The topological polar surface area (TPSA) is 41.9 Å². The minimum Gasteiger partial charge on any atom is -0.507 e. The van der Waals surface area contributed by atoms with E-state index in [2.05, 4.69) is 4.90 Å². The minimum absolute atomic E-state index is 0.0166. The van der Waals surface area contributed by atoms with Gasteiger partial charge in [0, 0.05) is 16.7 Å². The summed E-state index contributed by atoms with van der Waals surface area (Å²) in [6.45, 7) is 2.23. The number of phenols is 1. The summed E-state index contributed by atoms with van der Waals surface area (Å²) in [6, 6.07) is 11.4. The molecule has 24 heavy (non-hydrogen) atoms. The van der Waals surface area contributed by atoms with Gasteiger partial charge in [0.25, 0.3) is 0 Å². The van der Waals surface area contributed by atoms with E-state index in [4.69, 9.17) is 21.1 Å². The molecule has 0 aliphatic carbocycles. The van der Waals surface area contributed by atoms with Crippen molar-refractivity contribution >= 4 is 11.6 Å². The number of rotatable bonds is 3. The first-order valence-corrected chi connectivity index (χ1v) is 8.72. The van der Waals surface area contributed by atoms with E-state index in [-0.39, 0.29) is 18.6 Å². The highest BCUT2D eigenvalue weighted by Crippen LogP contribution is 2.43. The van der Waals surface area contributed by atoms with Crippen LogP contribution in [0.4, 0.5) is 0 Å². The van der Waals surface area contributed by atoms with E-state index in [0.717, 1.165) is 24.2 Å². The largest absolute Gasteiger partial charge is 0.507 e. The highest BCUT2D eigenvalue weighted by atomic mass is 35.5. The predicted octanol–water partition coefficient (Wildman–Crippen LogP) is 4.35. The molecular weight excluding hydrogens is 326 g/mol. The number of fused-ring (bicyclic) bond motifs is 1. The molecule has 2 aromatic rings. The second-order valence-electron chi connectivity index (χ2n) is 6.32. The molecule has 2 aliphatic heterocycles. The molecule has 0 radical (unpaired) electrons. The molecule has 4 nitrogen and oxygen atoms in total. The maximum absolute atomic E-state index is 10.6. The van der Waals surface area contributed by atoms with Crippen LogP contribution in [0.3, 0.4) is 0 Å². The fraction of sp³-hybridized carbons (Fsp3) is 0.368. The third kappa shape index (κ3) is 2.92. The molecular formula is C19H20ClNO3. The van der Waals surface area contributed by atoms with Gasteiger partial charge >= 0.3 is 0 Å². The Morgan fingerprint density at radius 3 is 2.33 bits per heavy atom. The van der Waals surface area contributed by atoms with E-state index < -0.39 is 0 Å². The van der Waals surface area contributed by atoms with Gasteiger partial charge in [-0.25, -0.2) is 0 Å². The lowest BCUT2D eigenvalue weighted by Gasteiger charge is -2.35. The van der Waals surface area contributed by atoms with Crippen molar-refractivity contribution < 1.29 is 14.6 Å². The summed E-state index contributed by atoms with van der Waals surface area (Å²) in [5, 5.41) is 11.3. The molecule has 0 spiro atoms. The zero-order valence-electron chi connectivity index (χ0n) is 13.4. The Bertz CT molecular complexity index is 726. The van der Waals surface area contributed by atoms with Crippen LogP contribution in [0, 0.1) is 0 Å². The molecule has 2 aromatic carbocycles. The highest BCUT2D eigenvalue weighted by Gasteiger charge is 2.28. The Morgan fingerprint density at radius 1 is 0.958 bits per heavy atom. The van der Waals surface area contributed by atoms with Gasteiger partial charge in [0.05, 0.1) is 6.04 Å². The van der Waals surface area contributed by atoms with E-state index >= 15 is 0 Å². The number of hydrogen-bond donors (Lipinski definition) is 1. The summed E-state index contributed by atoms with van der Waals surface area (Å²) in [5.74, 6) is 1.54. The van der Waals surface area contributed by atoms with Crippen molar-refractivity contribution in [2.45, 2.75) is 25.3 Å². The first-order chi connectivity index (χ1) is 11.7. The van der Waals surface area contributed by atoms with Crippen molar-refractivity contribution in [2.24, 2.45) is 0 Å². The number of piperidine rings is 1. The van der Waals surface area contributed by atoms with Gasteiger partial charge in [-0.1, -0.05) is 30.2 Å². The number of nitrogens with zero attached hydrogens (tertiary/aromatic N) is 1. The van der Waals surface area contributed by atoms with Crippen LogP contribution in [0.1, 0.15) is 36.4 Å². The molecule has 2 aliphatic rings. The van der Waals surface area contributed by atoms with E-state index in [1.54, 1.807) is 6.07 Å². The molecule has 0 bridgehead atoms. The highest BCUT2D eigenvalue weighted by molar-refractivity contribution is 6.30. The molecule has 126 valence electrons. The van der Waals surface area contributed by atoms with Crippen LogP contribution in [-0.4, -0.2) is 29.9 Å². The van der Waals surface area contributed by atoms with E-state index in [0.29, 0.717) is 16.5 Å². The summed E-state index contributed by atoms with van der Waals surface area (Å²) in [5.41, 5.74) is 1.97. The summed E-state index contributed by atoms with van der Waals surface area (Å²) in [4.78, 5) is 2.42. The molecule has 5 heteroatoms. The molecule has 0 saturated carbocycles. The van der Waals surface area contributed by atoms with Gasteiger partial charge in [-0.15, -0.1) is 0 Å². The number of phenolic OH excluding ortho intramolecular Hbond substituents is 1. The monoisotopic (exact) mass is 345 g/mol. The van der Waals surface area contributed by atoms with E-state index in [9.17, 15) is 5.11 Å². The van der Waals surface area contributed by atoms with Crippen LogP contribution < -0.4 is 9.47 Å². The van der Waals surface area contributed by atoms with Gasteiger partial charge in [-0.2, -0.15) is 0 Å². The first kappa shape index (κ1) is 15.6. The minimum atomic E-state index is -0.0166. The molecule has 1 unspecified atom stereocenters. The average Bonchev–Trinajstić information content (AvgIpc) is 3.05. The van der Waals surface area contributed by atoms with Gasteiger partial charge in [0.15, 0.2) is 11.5 Å². The SMILES string of the molecule is Oc1cc2c(cc1C(c1ccc(Cl)cc1)N1CCCCC1)OCO2. The van der Waals surface area contributed by atoms with Crippen LogP contribution in [0.25, 0.3) is 0 Å². The molecule has 4 rings (SSSR count). The smallest absolute Gasteiger partial charge is 0.231 e. The molecule has 1 saturated heterocycles. The number of likely N-dealkylation sites (tertiary alicyclic amines) is 1. The maximum Gasteiger partial charge on any atom is 0.231 e. The number of benzene rings is 2. The molecule has 0 aromatic heterocycles. The van der Waals surface area contributed by atoms with Crippen LogP contribution in [0.15, 0.2) is 36.4 Å². The number of ether oxygens (including phenoxy) is 2. The number of aromatic hydroxyl groups is 1. The summed E-state index contributed by atoms with van der Waals surface area (Å²) in [6.07, 6.45) is 3.61. The average molecular weight is 346 g/mol. The fourth-order valence-electron chi connectivity index (χ4n) is 3.57. The second kappa shape index (κ2) is 6.54. The van der Waals surface area contributed by atoms with Crippen molar-refractivity contribution in [1.82, 2.24) is 4.90 Å². The van der Waals surface area contributed by atoms with Gasteiger partial charge < -0.3 is 14.6 Å². The van der Waals surface area contributed by atoms with Crippen molar-refractivity contribution in [3.63, 3.8) is 0 Å². The zero-order valence-corrected chi connectivity index (χ0v) is 14.1. The third-order valence-corrected chi connectivity index (χ3v) is 5.01. The van der Waals surface area contributed by atoms with Crippen molar-refractivity contribution in [2.75, 3.05) is 19.9 Å². The van der Waals surface area contributed by atoms with E-state index in [1.165, 1.54) is 19.3 Å². The quantitative estimate of drug-likeness (QED) is 0.898. The van der Waals surface area contributed by atoms with Gasteiger partial charge in [0.1, 0.15) is 5.75 Å². The zero-order chi connectivity index (χ0) is 16.5. The summed E-state index contributed by atoms with van der Waals surface area (Å²) < 4.78 is 10.9. The van der Waals surface area contributed by atoms with Crippen LogP contribution in [-0.2, 0) is 0 Å². The fourth-order valence-corrected chi connectivity index (χ4v) is 3.70. The van der Waals surface area contributed by atoms with Crippen molar-refractivity contribution in [1.29, 1.82) is 0 Å². The van der Waals surface area contributed by atoms with E-state index in [1.807, 2.05) is 30.3 Å². The number of halogens is 1. The molecule has 1 fully saturated rings. The summed E-state index contributed by atoms with van der Waals surface area (Å²) >= 11 is 6.06. The lowest BCUT2D eigenvalue weighted by molar-refractivity contribution is 0.173. The standard InChI is InChI=1S/C19H20ClNO3/c20-14-6-4-13(5-7-14)19(21-8-2-1-3-9-21)15-10-17-18(11-16(15)22)24-12-23-17/h4-7,10-11,19,22H,1-3,8-9,12H2. The molecule has 2 heterocycles. The van der Waals surface area contributed by atoms with Gasteiger partial charge in [-0.05, 0) is 49.7 Å². The Labute approximate surface area is 146 Å². The molecule has 1 atom stereocenters. The summed E-state index contributed by atoms with van der Waals surface area (Å²) in [7, 11) is 0. The first-order valence-electron chi connectivity index (χ1n) is 8.34. The predicted molar refractivity (Wildman–Crippen MR) is 92.9 cm³/mol. The van der Waals surface area contributed by atoms with Crippen LogP contribution in [0.2, 0.25) is 5.02 Å². The maximum atomic E-state index is 10.6. The Balaban J connectivity index is 1.78. The molecule has 1 N–H and O–H groups in total. The third-order valence-electron chi connectivity index (χ3n) is 4.76. The lowest BCUT2D eigenvalue weighted by Crippen LogP contribution is -2.34. The van der Waals surface area contributed by atoms with Crippen molar-refractivity contribution in [3.8, 4) is 17.2 Å². The van der Waals surface area contributed by atoms with Crippen molar-refractivity contribution in [3.05, 3.63) is 52.5 Å². The van der Waals surface area contributed by atoms with Crippen LogP contribution >= 0.6 is 11.6 Å². The normalized spacial score (nSPS) is 18.5. The van der Waals surface area contributed by atoms with Crippen LogP contribution in [0.5, 0.6) is 17.2 Å². The Hall–Kier alpha value is -1.91. The second-order valence-corrected chi connectivity index (χ2v) is 6.75.